The lowest BCUT2D eigenvalue weighted by Gasteiger charge is -2.00. The smallest absolute Gasteiger partial charge is 0.118 e. The first-order valence-corrected chi connectivity index (χ1v) is 5.56. The number of rotatable bonds is 4. The van der Waals surface area contributed by atoms with Gasteiger partial charge in [0.15, 0.2) is 0 Å². The summed E-state index contributed by atoms with van der Waals surface area (Å²) in [5, 5.41) is 0. The maximum Gasteiger partial charge on any atom is 0.118 e. The van der Waals surface area contributed by atoms with Crippen molar-refractivity contribution in [3.63, 3.8) is 0 Å². The van der Waals surface area contributed by atoms with Crippen LogP contribution in [0.5, 0.6) is 5.75 Å². The summed E-state index contributed by atoms with van der Waals surface area (Å²) in [4.78, 5) is 4.40. The Hall–Kier alpha value is -2.09. The zero-order chi connectivity index (χ0) is 11.9. The molecule has 0 saturated carbocycles. The summed E-state index contributed by atoms with van der Waals surface area (Å²) in [7, 11) is 1.67. The predicted molar refractivity (Wildman–Crippen MR) is 70.7 cm³/mol. The van der Waals surface area contributed by atoms with Gasteiger partial charge in [-0.15, -0.1) is 0 Å². The van der Waals surface area contributed by atoms with Crippen LogP contribution < -0.4 is 4.74 Å². The van der Waals surface area contributed by atoms with E-state index in [1.165, 1.54) is 5.56 Å². The van der Waals surface area contributed by atoms with Gasteiger partial charge in [0, 0.05) is 6.21 Å². The fourth-order valence-corrected chi connectivity index (χ4v) is 1.53. The van der Waals surface area contributed by atoms with Gasteiger partial charge in [-0.3, -0.25) is 4.99 Å². The van der Waals surface area contributed by atoms with E-state index in [1.54, 1.807) is 7.11 Å². The van der Waals surface area contributed by atoms with Crippen molar-refractivity contribution in [2.24, 2.45) is 4.99 Å². The molecule has 0 fully saturated rings. The van der Waals surface area contributed by atoms with E-state index in [1.807, 2.05) is 60.8 Å². The molecule has 2 heteroatoms. The van der Waals surface area contributed by atoms with Gasteiger partial charge in [-0.1, -0.05) is 42.5 Å². The van der Waals surface area contributed by atoms with Gasteiger partial charge in [0.25, 0.3) is 0 Å². The number of nitrogens with zero attached hydrogens (tertiary/aromatic N) is 1. The molecule has 17 heavy (non-hydrogen) atoms. The second kappa shape index (κ2) is 5.85. The Labute approximate surface area is 102 Å². The van der Waals surface area contributed by atoms with Gasteiger partial charge in [-0.2, -0.15) is 0 Å². The van der Waals surface area contributed by atoms with Crippen LogP contribution in [0.1, 0.15) is 11.1 Å². The van der Waals surface area contributed by atoms with Crippen molar-refractivity contribution in [2.75, 3.05) is 7.11 Å². The fraction of sp³-hybridized carbons (Fsp3) is 0.133. The van der Waals surface area contributed by atoms with Crippen LogP contribution in [0.4, 0.5) is 0 Å². The molecule has 2 nitrogen and oxygen atoms in total. The van der Waals surface area contributed by atoms with Crippen molar-refractivity contribution in [1.82, 2.24) is 0 Å². The average molecular weight is 225 g/mol. The molecule has 2 aromatic rings. The molecule has 0 N–H and O–H groups in total. The van der Waals surface area contributed by atoms with Gasteiger partial charge in [-0.25, -0.2) is 0 Å². The molecule has 0 atom stereocenters. The molecule has 0 spiro atoms. The Morgan fingerprint density at radius 1 is 1.00 bits per heavy atom. The first kappa shape index (κ1) is 11.4. The summed E-state index contributed by atoms with van der Waals surface area (Å²) in [5.41, 5.74) is 2.30. The zero-order valence-electron chi connectivity index (χ0n) is 9.84. The molecule has 0 heterocycles. The van der Waals surface area contributed by atoms with Gasteiger partial charge in [-0.05, 0) is 23.3 Å². The van der Waals surface area contributed by atoms with E-state index in [0.29, 0.717) is 6.54 Å². The number of hydrogen-bond acceptors (Lipinski definition) is 2. The summed E-state index contributed by atoms with van der Waals surface area (Å²) < 4.78 is 5.10. The Morgan fingerprint density at radius 3 is 2.35 bits per heavy atom. The molecule has 2 rings (SSSR count). The molecular weight excluding hydrogens is 210 g/mol. The topological polar surface area (TPSA) is 21.6 Å². The first-order chi connectivity index (χ1) is 8.38. The van der Waals surface area contributed by atoms with E-state index in [4.69, 9.17) is 4.74 Å². The highest BCUT2D eigenvalue weighted by atomic mass is 16.5. The summed E-state index contributed by atoms with van der Waals surface area (Å²) in [6.45, 7) is 0.693. The Kier molecular flexibility index (Phi) is 3.92. The Bertz CT molecular complexity index is 474. The minimum absolute atomic E-state index is 0.693. The van der Waals surface area contributed by atoms with E-state index < -0.39 is 0 Å². The molecule has 2 aromatic carbocycles. The van der Waals surface area contributed by atoms with Gasteiger partial charge < -0.3 is 4.74 Å². The van der Waals surface area contributed by atoms with E-state index in [2.05, 4.69) is 4.99 Å². The highest BCUT2D eigenvalue weighted by Crippen LogP contribution is 2.11. The van der Waals surface area contributed by atoms with E-state index in [0.717, 1.165) is 11.3 Å². The Balaban J connectivity index is 1.95. The van der Waals surface area contributed by atoms with Crippen molar-refractivity contribution >= 4 is 6.21 Å². The highest BCUT2D eigenvalue weighted by Gasteiger charge is 1.92. The Morgan fingerprint density at radius 2 is 1.71 bits per heavy atom. The third-order valence-corrected chi connectivity index (χ3v) is 2.47. The number of hydrogen-bond donors (Lipinski definition) is 0. The summed E-state index contributed by atoms with van der Waals surface area (Å²) in [6, 6.07) is 18.1. The van der Waals surface area contributed by atoms with Crippen molar-refractivity contribution < 1.29 is 4.74 Å². The van der Waals surface area contributed by atoms with Crippen LogP contribution in [0.25, 0.3) is 0 Å². The largest absolute Gasteiger partial charge is 0.497 e. The second-order valence-corrected chi connectivity index (χ2v) is 3.73. The van der Waals surface area contributed by atoms with Gasteiger partial charge in [0.05, 0.1) is 13.7 Å². The molecular formula is C15H15NO. The minimum atomic E-state index is 0.693. The maximum absolute atomic E-state index is 5.10. The van der Waals surface area contributed by atoms with Crippen LogP contribution in [0.15, 0.2) is 59.6 Å². The van der Waals surface area contributed by atoms with Crippen molar-refractivity contribution in [3.05, 3.63) is 65.7 Å². The summed E-state index contributed by atoms with van der Waals surface area (Å²) in [5.74, 6) is 0.876. The molecule has 0 saturated heterocycles. The monoisotopic (exact) mass is 225 g/mol. The van der Waals surface area contributed by atoms with E-state index in [-0.39, 0.29) is 0 Å². The average Bonchev–Trinajstić information content (AvgIpc) is 2.41. The van der Waals surface area contributed by atoms with Crippen LogP contribution in [-0.2, 0) is 6.54 Å². The zero-order valence-corrected chi connectivity index (χ0v) is 9.84. The third kappa shape index (κ3) is 3.45. The molecule has 0 aliphatic carbocycles. The van der Waals surface area contributed by atoms with Crippen LogP contribution in [0.3, 0.4) is 0 Å². The number of benzene rings is 2. The van der Waals surface area contributed by atoms with Gasteiger partial charge >= 0.3 is 0 Å². The summed E-state index contributed by atoms with van der Waals surface area (Å²) >= 11 is 0. The normalized spacial score (nSPS) is 10.6. The molecule has 0 unspecified atom stereocenters. The number of ether oxygens (including phenoxy) is 1. The van der Waals surface area contributed by atoms with Crippen LogP contribution >= 0.6 is 0 Å². The van der Waals surface area contributed by atoms with Crippen molar-refractivity contribution in [1.29, 1.82) is 0 Å². The fourth-order valence-electron chi connectivity index (χ4n) is 1.53. The molecule has 0 aliphatic heterocycles. The maximum atomic E-state index is 5.10. The summed E-state index contributed by atoms with van der Waals surface area (Å²) in [6.07, 6.45) is 1.89. The third-order valence-electron chi connectivity index (χ3n) is 2.47. The van der Waals surface area contributed by atoms with E-state index >= 15 is 0 Å². The molecule has 0 bridgehead atoms. The van der Waals surface area contributed by atoms with Crippen LogP contribution in [0, 0.1) is 0 Å². The minimum Gasteiger partial charge on any atom is -0.497 e. The molecule has 86 valence electrons. The first-order valence-electron chi connectivity index (χ1n) is 5.56. The van der Waals surface area contributed by atoms with Gasteiger partial charge in [0.1, 0.15) is 5.75 Å². The molecule has 0 aliphatic rings. The number of methoxy groups -OCH3 is 1. The molecule has 0 aromatic heterocycles. The second-order valence-electron chi connectivity index (χ2n) is 3.73. The lowest BCUT2D eigenvalue weighted by molar-refractivity contribution is 0.414. The van der Waals surface area contributed by atoms with Gasteiger partial charge in [0.2, 0.25) is 0 Å². The SMILES string of the molecule is COc1ccc(C/N=C/c2ccccc2)cc1. The highest BCUT2D eigenvalue weighted by molar-refractivity contribution is 5.79. The molecule has 0 radical (unpaired) electrons. The van der Waals surface area contributed by atoms with Crippen molar-refractivity contribution in [2.45, 2.75) is 6.54 Å². The van der Waals surface area contributed by atoms with E-state index in [9.17, 15) is 0 Å². The quantitative estimate of drug-likeness (QED) is 0.731. The van der Waals surface area contributed by atoms with Crippen LogP contribution in [0.2, 0.25) is 0 Å². The van der Waals surface area contributed by atoms with Crippen molar-refractivity contribution in [3.8, 4) is 5.75 Å². The lowest BCUT2D eigenvalue weighted by atomic mass is 10.2. The standard InChI is InChI=1S/C15H15NO/c1-17-15-9-7-14(8-10-15)12-16-11-13-5-3-2-4-6-13/h2-11H,12H2,1H3/b16-11+. The number of aliphatic imine (C=N–C) groups is 1. The predicted octanol–water partition coefficient (Wildman–Crippen LogP) is 3.31. The molecule has 0 amide bonds. The van der Waals surface area contributed by atoms with Crippen LogP contribution in [-0.4, -0.2) is 13.3 Å². The lowest BCUT2D eigenvalue weighted by Crippen LogP contribution is -1.86.